The van der Waals surface area contributed by atoms with Gasteiger partial charge in [-0.15, -0.1) is 0 Å². The average Bonchev–Trinajstić information content (AvgIpc) is 2.60. The van der Waals surface area contributed by atoms with Gasteiger partial charge < -0.3 is 10.5 Å². The van der Waals surface area contributed by atoms with Crippen LogP contribution in [-0.4, -0.2) is 27.5 Å². The Balaban J connectivity index is 1.93. The van der Waals surface area contributed by atoms with Gasteiger partial charge in [-0.1, -0.05) is 24.0 Å². The summed E-state index contributed by atoms with van der Waals surface area (Å²) in [6, 6.07) is 8.42. The van der Waals surface area contributed by atoms with Gasteiger partial charge in [-0.2, -0.15) is 4.72 Å². The first-order valence-corrected chi connectivity index (χ1v) is 8.71. The predicted octanol–water partition coefficient (Wildman–Crippen LogP) is 1.42. The molecule has 0 saturated carbocycles. The van der Waals surface area contributed by atoms with Crippen LogP contribution in [0.25, 0.3) is 0 Å². The van der Waals surface area contributed by atoms with Crippen LogP contribution < -0.4 is 15.2 Å². The molecular weight excluding hydrogens is 366 g/mol. The van der Waals surface area contributed by atoms with Crippen LogP contribution in [0, 0.1) is 23.5 Å². The molecule has 0 aromatic heterocycles. The van der Waals surface area contributed by atoms with Crippen LogP contribution in [0.2, 0.25) is 0 Å². The van der Waals surface area contributed by atoms with Crippen LogP contribution in [0.1, 0.15) is 10.4 Å². The Morgan fingerprint density at radius 3 is 2.62 bits per heavy atom. The van der Waals surface area contributed by atoms with E-state index in [2.05, 4.69) is 11.8 Å². The number of benzene rings is 2. The molecule has 0 atom stereocenters. The molecule has 0 aliphatic rings. The van der Waals surface area contributed by atoms with Gasteiger partial charge in [-0.25, -0.2) is 17.2 Å². The molecule has 6 nitrogen and oxygen atoms in total. The summed E-state index contributed by atoms with van der Waals surface area (Å²) in [7, 11) is -4.24. The first-order chi connectivity index (χ1) is 12.3. The molecule has 2 rings (SSSR count). The zero-order chi connectivity index (χ0) is 19.2. The third-order valence-electron chi connectivity index (χ3n) is 3.11. The number of para-hydroxylation sites is 1. The first kappa shape index (κ1) is 19.4. The van der Waals surface area contributed by atoms with Crippen molar-refractivity contribution in [3.63, 3.8) is 0 Å². The molecule has 0 saturated heterocycles. The number of carbonyl (C=O) groups is 1. The molecular formula is C17H14F2N2O4S. The summed E-state index contributed by atoms with van der Waals surface area (Å²) in [6.45, 7) is -0.459. The second-order valence-electron chi connectivity index (χ2n) is 4.90. The molecule has 3 N–H and O–H groups in total. The van der Waals surface area contributed by atoms with Crippen molar-refractivity contribution >= 4 is 15.9 Å². The minimum absolute atomic E-state index is 0.125. The predicted molar refractivity (Wildman–Crippen MR) is 89.8 cm³/mol. The zero-order valence-corrected chi connectivity index (χ0v) is 14.1. The Bertz CT molecular complexity index is 982. The number of hydrogen-bond acceptors (Lipinski definition) is 4. The van der Waals surface area contributed by atoms with E-state index in [0.29, 0.717) is 6.07 Å². The van der Waals surface area contributed by atoms with Crippen LogP contribution >= 0.6 is 0 Å². The highest BCUT2D eigenvalue weighted by Gasteiger charge is 2.18. The van der Waals surface area contributed by atoms with E-state index < -0.39 is 32.5 Å². The number of carbonyl (C=O) groups excluding carboxylic acids is 1. The smallest absolute Gasteiger partial charge is 0.252 e. The third-order valence-corrected chi connectivity index (χ3v) is 4.53. The quantitative estimate of drug-likeness (QED) is 0.741. The minimum Gasteiger partial charge on any atom is -0.480 e. The van der Waals surface area contributed by atoms with Crippen LogP contribution in [0.4, 0.5) is 8.78 Å². The summed E-state index contributed by atoms with van der Waals surface area (Å²) >= 11 is 0. The number of amides is 1. The van der Waals surface area contributed by atoms with E-state index in [-0.39, 0.29) is 24.5 Å². The van der Waals surface area contributed by atoms with Gasteiger partial charge in [0.1, 0.15) is 28.9 Å². The molecule has 26 heavy (non-hydrogen) atoms. The Labute approximate surface area is 149 Å². The molecule has 0 unspecified atom stereocenters. The number of primary amides is 1. The van der Waals surface area contributed by atoms with Crippen LogP contribution in [0.5, 0.6) is 5.75 Å². The Hall–Kier alpha value is -2.96. The zero-order valence-electron chi connectivity index (χ0n) is 13.3. The number of nitrogens with one attached hydrogen (secondary N) is 1. The summed E-state index contributed by atoms with van der Waals surface area (Å²) in [5, 5.41) is 0. The molecule has 1 amide bonds. The molecule has 0 aliphatic heterocycles. The molecule has 0 fully saturated rings. The van der Waals surface area contributed by atoms with Crippen molar-refractivity contribution in [2.24, 2.45) is 5.73 Å². The fraction of sp³-hybridized carbons (Fsp3) is 0.118. The van der Waals surface area contributed by atoms with Crippen molar-refractivity contribution in [3.05, 3.63) is 59.7 Å². The summed E-state index contributed by atoms with van der Waals surface area (Å²) in [5.41, 5.74) is 5.39. The number of halogens is 2. The maximum atomic E-state index is 13.5. The number of rotatable bonds is 6. The van der Waals surface area contributed by atoms with Crippen molar-refractivity contribution in [1.82, 2.24) is 4.72 Å². The van der Waals surface area contributed by atoms with Crippen molar-refractivity contribution in [1.29, 1.82) is 0 Å². The van der Waals surface area contributed by atoms with E-state index >= 15 is 0 Å². The van der Waals surface area contributed by atoms with Crippen LogP contribution in [0.3, 0.4) is 0 Å². The topological polar surface area (TPSA) is 98.5 Å². The van der Waals surface area contributed by atoms with Crippen molar-refractivity contribution in [3.8, 4) is 17.6 Å². The normalized spacial score (nSPS) is 10.7. The van der Waals surface area contributed by atoms with Gasteiger partial charge in [0, 0.05) is 0 Å². The van der Waals surface area contributed by atoms with Gasteiger partial charge in [0.2, 0.25) is 10.0 Å². The van der Waals surface area contributed by atoms with Crippen LogP contribution in [-0.2, 0) is 10.0 Å². The maximum Gasteiger partial charge on any atom is 0.252 e. The lowest BCUT2D eigenvalue weighted by molar-refractivity contribution is 0.0997. The van der Waals surface area contributed by atoms with E-state index in [1.54, 1.807) is 12.1 Å². The summed E-state index contributed by atoms with van der Waals surface area (Å²) < 4.78 is 57.7. The monoisotopic (exact) mass is 380 g/mol. The van der Waals surface area contributed by atoms with E-state index in [4.69, 9.17) is 10.5 Å². The standard InChI is InChI=1S/C17H14F2N2O4S/c18-12-7-8-14(19)16(11-12)26(23,24)21-9-3-4-10-25-15-6-2-1-5-13(15)17(20)22/h1-2,5-8,11,21H,9-10H2,(H2,20,22). The van der Waals surface area contributed by atoms with Gasteiger partial charge >= 0.3 is 0 Å². The van der Waals surface area contributed by atoms with Crippen molar-refractivity contribution in [2.45, 2.75) is 4.90 Å². The second-order valence-corrected chi connectivity index (χ2v) is 6.64. The highest BCUT2D eigenvalue weighted by Crippen LogP contribution is 2.17. The number of sulfonamides is 1. The highest BCUT2D eigenvalue weighted by molar-refractivity contribution is 7.89. The third kappa shape index (κ3) is 5.02. The lowest BCUT2D eigenvalue weighted by atomic mass is 10.2. The molecule has 0 heterocycles. The van der Waals surface area contributed by atoms with E-state index in [9.17, 15) is 22.0 Å². The van der Waals surface area contributed by atoms with Crippen molar-refractivity contribution < 1.29 is 26.7 Å². The summed E-state index contributed by atoms with van der Waals surface area (Å²) in [4.78, 5) is 10.4. The number of hydrogen-bond donors (Lipinski definition) is 2. The highest BCUT2D eigenvalue weighted by atomic mass is 32.2. The molecule has 0 aliphatic carbocycles. The minimum atomic E-state index is -4.24. The van der Waals surface area contributed by atoms with Crippen molar-refractivity contribution in [2.75, 3.05) is 13.2 Å². The van der Waals surface area contributed by atoms with Gasteiger partial charge in [0.15, 0.2) is 0 Å². The molecule has 0 radical (unpaired) electrons. The fourth-order valence-corrected chi connectivity index (χ4v) is 2.93. The van der Waals surface area contributed by atoms with Gasteiger partial charge in [-0.05, 0) is 30.3 Å². The SMILES string of the molecule is NC(=O)c1ccccc1OCC#CCNS(=O)(=O)c1cc(F)ccc1F. The largest absolute Gasteiger partial charge is 0.480 e. The molecule has 2 aromatic rings. The second kappa shape index (κ2) is 8.42. The molecule has 9 heteroatoms. The van der Waals surface area contributed by atoms with E-state index in [0.717, 1.165) is 12.1 Å². The molecule has 136 valence electrons. The lowest BCUT2D eigenvalue weighted by Gasteiger charge is -2.06. The van der Waals surface area contributed by atoms with Crippen LogP contribution in [0.15, 0.2) is 47.4 Å². The van der Waals surface area contributed by atoms with Gasteiger partial charge in [-0.3, -0.25) is 4.79 Å². The van der Waals surface area contributed by atoms with E-state index in [1.807, 2.05) is 4.72 Å². The number of nitrogens with two attached hydrogens (primary N) is 1. The average molecular weight is 380 g/mol. The van der Waals surface area contributed by atoms with Gasteiger partial charge in [0.05, 0.1) is 12.1 Å². The van der Waals surface area contributed by atoms with E-state index in [1.165, 1.54) is 12.1 Å². The lowest BCUT2D eigenvalue weighted by Crippen LogP contribution is -2.25. The Kier molecular flexibility index (Phi) is 6.27. The Morgan fingerprint density at radius 1 is 1.15 bits per heavy atom. The molecule has 2 aromatic carbocycles. The Morgan fingerprint density at radius 2 is 1.88 bits per heavy atom. The summed E-state index contributed by atoms with van der Waals surface area (Å²) in [5.74, 6) is 2.64. The number of ether oxygens (including phenoxy) is 1. The first-order valence-electron chi connectivity index (χ1n) is 7.23. The fourth-order valence-electron chi connectivity index (χ4n) is 1.92. The summed E-state index contributed by atoms with van der Waals surface area (Å²) in [6.07, 6.45) is 0. The maximum absolute atomic E-state index is 13.5. The molecule has 0 bridgehead atoms. The molecule has 0 spiro atoms. The van der Waals surface area contributed by atoms with Gasteiger partial charge in [0.25, 0.3) is 5.91 Å².